The number of hydrogen-bond acceptors (Lipinski definition) is 3. The normalized spacial score (nSPS) is 12.5. The Balaban J connectivity index is 2.50. The van der Waals surface area contributed by atoms with Gasteiger partial charge in [0.2, 0.25) is 5.91 Å². The van der Waals surface area contributed by atoms with Crippen molar-refractivity contribution in [3.63, 3.8) is 0 Å². The fourth-order valence-corrected chi connectivity index (χ4v) is 1.27. The lowest BCUT2D eigenvalue weighted by Gasteiger charge is -2.08. The quantitative estimate of drug-likeness (QED) is 0.679. The van der Waals surface area contributed by atoms with Crippen LogP contribution < -0.4 is 11.1 Å². The van der Waals surface area contributed by atoms with E-state index < -0.39 is 6.04 Å². The van der Waals surface area contributed by atoms with Gasteiger partial charge in [-0.3, -0.25) is 9.89 Å². The Morgan fingerprint density at radius 1 is 1.67 bits per heavy atom. The van der Waals surface area contributed by atoms with Crippen molar-refractivity contribution in [3.05, 3.63) is 11.8 Å². The average molecular weight is 210 g/mol. The topological polar surface area (TPSA) is 83.8 Å². The zero-order valence-electron chi connectivity index (χ0n) is 9.21. The van der Waals surface area contributed by atoms with Crippen LogP contribution in [0.5, 0.6) is 0 Å². The molecule has 84 valence electrons. The van der Waals surface area contributed by atoms with Crippen molar-refractivity contribution < 1.29 is 4.79 Å². The van der Waals surface area contributed by atoms with Gasteiger partial charge in [-0.05, 0) is 12.8 Å². The van der Waals surface area contributed by atoms with Gasteiger partial charge in [0, 0.05) is 11.8 Å². The molecule has 0 aromatic carbocycles. The van der Waals surface area contributed by atoms with Gasteiger partial charge in [-0.25, -0.2) is 0 Å². The number of amides is 1. The Morgan fingerprint density at radius 3 is 2.93 bits per heavy atom. The molecule has 15 heavy (non-hydrogen) atoms. The van der Waals surface area contributed by atoms with Crippen LogP contribution in [0.4, 0.5) is 5.82 Å². The third-order valence-electron chi connectivity index (χ3n) is 2.20. The maximum atomic E-state index is 11.5. The maximum Gasteiger partial charge on any atom is 0.242 e. The molecule has 1 aromatic rings. The molecule has 1 heterocycles. The number of aromatic nitrogens is 2. The lowest BCUT2D eigenvalue weighted by Crippen LogP contribution is -2.35. The number of carbonyl (C=O) groups is 1. The molecule has 0 unspecified atom stereocenters. The molecule has 0 aliphatic heterocycles. The van der Waals surface area contributed by atoms with Gasteiger partial charge >= 0.3 is 0 Å². The lowest BCUT2D eigenvalue weighted by molar-refractivity contribution is -0.117. The number of H-pyrrole nitrogens is 1. The molecule has 5 nitrogen and oxygen atoms in total. The Hall–Kier alpha value is -1.36. The van der Waals surface area contributed by atoms with Crippen LogP contribution in [-0.4, -0.2) is 22.1 Å². The SMILES string of the molecule is CCC[C@@H](N)C(=O)Nc1cc(CC)[nH]n1. The summed E-state index contributed by atoms with van der Waals surface area (Å²) in [7, 11) is 0. The molecule has 1 amide bonds. The first-order valence-corrected chi connectivity index (χ1v) is 5.28. The zero-order chi connectivity index (χ0) is 11.3. The number of aromatic amines is 1. The molecule has 5 heteroatoms. The number of anilines is 1. The third kappa shape index (κ3) is 3.36. The highest BCUT2D eigenvalue weighted by atomic mass is 16.2. The monoisotopic (exact) mass is 210 g/mol. The average Bonchev–Trinajstić information content (AvgIpc) is 2.66. The first-order chi connectivity index (χ1) is 7.17. The van der Waals surface area contributed by atoms with Crippen LogP contribution in [0.3, 0.4) is 0 Å². The van der Waals surface area contributed by atoms with Gasteiger partial charge in [-0.1, -0.05) is 20.3 Å². The van der Waals surface area contributed by atoms with Crippen molar-refractivity contribution in [2.75, 3.05) is 5.32 Å². The summed E-state index contributed by atoms with van der Waals surface area (Å²) in [5, 5.41) is 9.46. The molecular weight excluding hydrogens is 192 g/mol. The number of nitrogens with two attached hydrogens (primary N) is 1. The van der Waals surface area contributed by atoms with E-state index in [4.69, 9.17) is 5.73 Å². The van der Waals surface area contributed by atoms with Gasteiger partial charge in [0.1, 0.15) is 0 Å². The second-order valence-corrected chi connectivity index (χ2v) is 3.52. The second-order valence-electron chi connectivity index (χ2n) is 3.52. The minimum absolute atomic E-state index is 0.175. The fraction of sp³-hybridized carbons (Fsp3) is 0.600. The van der Waals surface area contributed by atoms with E-state index in [0.717, 1.165) is 18.5 Å². The maximum absolute atomic E-state index is 11.5. The molecule has 0 radical (unpaired) electrons. The van der Waals surface area contributed by atoms with E-state index in [2.05, 4.69) is 15.5 Å². The minimum atomic E-state index is -0.447. The first kappa shape index (κ1) is 11.7. The van der Waals surface area contributed by atoms with Gasteiger partial charge in [0.05, 0.1) is 6.04 Å². The summed E-state index contributed by atoms with van der Waals surface area (Å²) in [6, 6.07) is 1.37. The van der Waals surface area contributed by atoms with E-state index in [9.17, 15) is 4.79 Å². The molecule has 0 spiro atoms. The lowest BCUT2D eigenvalue weighted by atomic mass is 10.2. The molecule has 0 aliphatic carbocycles. The van der Waals surface area contributed by atoms with Crippen LogP contribution in [0.1, 0.15) is 32.4 Å². The number of rotatable bonds is 5. The third-order valence-corrected chi connectivity index (χ3v) is 2.20. The predicted octanol–water partition coefficient (Wildman–Crippen LogP) is 1.04. The standard InChI is InChI=1S/C10H18N4O/c1-3-5-8(11)10(15)12-9-6-7(4-2)13-14-9/h6,8H,3-5,11H2,1-2H3,(H2,12,13,14,15)/t8-/m1/s1. The van der Waals surface area contributed by atoms with E-state index in [-0.39, 0.29) is 5.91 Å². The van der Waals surface area contributed by atoms with Gasteiger partial charge in [-0.2, -0.15) is 5.10 Å². The van der Waals surface area contributed by atoms with Gasteiger partial charge < -0.3 is 11.1 Å². The molecule has 1 atom stereocenters. The van der Waals surface area contributed by atoms with E-state index >= 15 is 0 Å². The minimum Gasteiger partial charge on any atom is -0.320 e. The van der Waals surface area contributed by atoms with E-state index in [1.165, 1.54) is 0 Å². The Morgan fingerprint density at radius 2 is 2.40 bits per heavy atom. The van der Waals surface area contributed by atoms with Crippen LogP contribution in [0.15, 0.2) is 6.07 Å². The largest absolute Gasteiger partial charge is 0.320 e. The molecule has 1 rings (SSSR count). The molecule has 0 fully saturated rings. The van der Waals surface area contributed by atoms with E-state index in [0.29, 0.717) is 12.2 Å². The highest BCUT2D eigenvalue weighted by molar-refractivity contribution is 5.93. The molecule has 4 N–H and O–H groups in total. The number of carbonyl (C=O) groups excluding carboxylic acids is 1. The molecule has 0 saturated carbocycles. The van der Waals surface area contributed by atoms with Crippen molar-refractivity contribution in [2.24, 2.45) is 5.73 Å². The van der Waals surface area contributed by atoms with Gasteiger partial charge in [0.25, 0.3) is 0 Å². The number of nitrogens with one attached hydrogen (secondary N) is 2. The first-order valence-electron chi connectivity index (χ1n) is 5.28. The predicted molar refractivity (Wildman–Crippen MR) is 59.5 cm³/mol. The van der Waals surface area contributed by atoms with Crippen molar-refractivity contribution >= 4 is 11.7 Å². The smallest absolute Gasteiger partial charge is 0.242 e. The zero-order valence-corrected chi connectivity index (χ0v) is 9.21. The summed E-state index contributed by atoms with van der Waals surface area (Å²) >= 11 is 0. The molecule has 1 aromatic heterocycles. The number of aryl methyl sites for hydroxylation is 1. The summed E-state index contributed by atoms with van der Waals surface area (Å²) < 4.78 is 0. The van der Waals surface area contributed by atoms with Crippen LogP contribution in [0.2, 0.25) is 0 Å². The summed E-state index contributed by atoms with van der Waals surface area (Å²) in [5.74, 6) is 0.370. The molecule has 0 aliphatic rings. The molecule has 0 saturated heterocycles. The molecule has 0 bridgehead atoms. The van der Waals surface area contributed by atoms with Crippen LogP contribution in [-0.2, 0) is 11.2 Å². The van der Waals surface area contributed by atoms with Gasteiger partial charge in [-0.15, -0.1) is 0 Å². The summed E-state index contributed by atoms with van der Waals surface area (Å²) in [5.41, 5.74) is 6.66. The Labute approximate surface area is 89.4 Å². The summed E-state index contributed by atoms with van der Waals surface area (Å²) in [4.78, 5) is 11.5. The van der Waals surface area contributed by atoms with Crippen molar-refractivity contribution in [2.45, 2.75) is 39.2 Å². The van der Waals surface area contributed by atoms with E-state index in [1.807, 2.05) is 19.9 Å². The van der Waals surface area contributed by atoms with Crippen LogP contribution in [0.25, 0.3) is 0 Å². The second kappa shape index (κ2) is 5.50. The van der Waals surface area contributed by atoms with Crippen molar-refractivity contribution in [1.29, 1.82) is 0 Å². The number of nitrogens with zero attached hydrogens (tertiary/aromatic N) is 1. The number of hydrogen-bond donors (Lipinski definition) is 3. The van der Waals surface area contributed by atoms with E-state index in [1.54, 1.807) is 0 Å². The van der Waals surface area contributed by atoms with Crippen LogP contribution >= 0.6 is 0 Å². The Kier molecular flexibility index (Phi) is 4.30. The van der Waals surface area contributed by atoms with Crippen molar-refractivity contribution in [1.82, 2.24) is 10.2 Å². The van der Waals surface area contributed by atoms with Crippen molar-refractivity contribution in [3.8, 4) is 0 Å². The van der Waals surface area contributed by atoms with Gasteiger partial charge in [0.15, 0.2) is 5.82 Å². The van der Waals surface area contributed by atoms with Crippen LogP contribution in [0, 0.1) is 0 Å². The molecular formula is C10H18N4O. The summed E-state index contributed by atoms with van der Waals surface area (Å²) in [6.07, 6.45) is 2.45. The highest BCUT2D eigenvalue weighted by Gasteiger charge is 2.13. The summed E-state index contributed by atoms with van der Waals surface area (Å²) in [6.45, 7) is 4.01. The Bertz CT molecular complexity index is 321. The fourth-order valence-electron chi connectivity index (χ4n) is 1.27. The highest BCUT2D eigenvalue weighted by Crippen LogP contribution is 2.06.